The van der Waals surface area contributed by atoms with Crippen LogP contribution in [0.15, 0.2) is 233 Å². The van der Waals surface area contributed by atoms with Gasteiger partial charge in [-0.15, -0.1) is 36.2 Å². The number of aliphatic carboxylic acids is 2. The van der Waals surface area contributed by atoms with Crippen molar-refractivity contribution in [3.8, 4) is 46.0 Å². The predicted molar refractivity (Wildman–Crippen MR) is 515 cm³/mol. The molecule has 8 N–H and O–H groups in total. The number of thioether (sulfide) groups is 2. The fraction of sp³-hybridized carbons (Fsp3) is 0.423. The number of cyclic esters (lactones) is 1. The third-order valence-electron chi connectivity index (χ3n) is 25.5. The quantitative estimate of drug-likeness (QED) is 0.00384. The van der Waals surface area contributed by atoms with Crippen molar-refractivity contribution in [1.29, 1.82) is 0 Å². The van der Waals surface area contributed by atoms with Gasteiger partial charge in [-0.1, -0.05) is 38.5 Å². The number of benzene rings is 8. The van der Waals surface area contributed by atoms with Crippen molar-refractivity contribution >= 4 is 133 Å². The second-order valence-corrected chi connectivity index (χ2v) is 47.9. The van der Waals surface area contributed by atoms with Crippen molar-refractivity contribution in [3.05, 3.63) is 194 Å². The minimum absolute atomic E-state index is 0.0417. The van der Waals surface area contributed by atoms with Crippen LogP contribution in [-0.4, -0.2) is 204 Å². The molecule has 1 saturated heterocycles. The summed E-state index contributed by atoms with van der Waals surface area (Å²) in [4.78, 5) is 93.3. The minimum Gasteiger partial charge on any atom is -0.481 e. The summed E-state index contributed by atoms with van der Waals surface area (Å²) >= 11 is 7.30. The molecular formula is C97H116N2O32S8. The highest BCUT2D eigenvalue weighted by atomic mass is 32.2. The van der Waals surface area contributed by atoms with E-state index >= 15 is 0 Å². The molecule has 1 heterocycles. The molecule has 0 radical (unpaired) electrons. The van der Waals surface area contributed by atoms with Crippen LogP contribution in [0.2, 0.25) is 0 Å². The number of hydroxylamine groups is 2. The number of esters is 4. The highest BCUT2D eigenvalue weighted by molar-refractivity contribution is 7.99. The lowest BCUT2D eigenvalue weighted by Gasteiger charge is -2.45. The predicted octanol–water partition coefficient (Wildman–Crippen LogP) is 15.2. The van der Waals surface area contributed by atoms with Crippen LogP contribution in [0.1, 0.15) is 135 Å². The number of rotatable bonds is 30. The molecular weight excluding hydrogens is 1960 g/mol. The molecule has 0 bridgehead atoms. The molecule has 0 atom stereocenters. The maximum Gasteiger partial charge on any atom is 0.323 e. The molecule has 7 saturated carbocycles. The van der Waals surface area contributed by atoms with Crippen molar-refractivity contribution in [1.82, 2.24) is 11.0 Å². The zero-order valence-corrected chi connectivity index (χ0v) is 84.3. The number of carboxylic acids is 2. The molecule has 2 amide bonds. The molecule has 754 valence electrons. The van der Waals surface area contributed by atoms with Gasteiger partial charge in [0.1, 0.15) is 58.0 Å². The van der Waals surface area contributed by atoms with E-state index in [1.54, 1.807) is 83.0 Å². The van der Waals surface area contributed by atoms with Crippen LogP contribution in [0.3, 0.4) is 0 Å². The molecule has 7 aliphatic carbocycles. The van der Waals surface area contributed by atoms with Crippen molar-refractivity contribution in [3.63, 3.8) is 0 Å². The molecule has 1 spiro atoms. The molecule has 8 aliphatic rings. The Morgan fingerprint density at radius 1 is 0.353 bits per heavy atom. The fourth-order valence-electron chi connectivity index (χ4n) is 15.2. The lowest BCUT2D eigenvalue weighted by molar-refractivity contribution is -0.197. The van der Waals surface area contributed by atoms with E-state index in [1.807, 2.05) is 60.7 Å². The van der Waals surface area contributed by atoms with Crippen LogP contribution in [0.4, 0.5) is 0 Å². The van der Waals surface area contributed by atoms with Crippen LogP contribution in [-0.2, 0) is 106 Å². The van der Waals surface area contributed by atoms with Crippen molar-refractivity contribution in [2.75, 3.05) is 83.4 Å². The number of carbonyl (C=O) groups is 8. The third-order valence-corrected chi connectivity index (χ3v) is 34.9. The van der Waals surface area contributed by atoms with Gasteiger partial charge in [0.2, 0.25) is 5.91 Å². The third kappa shape index (κ3) is 29.8. The number of aliphatic hydroxyl groups excluding tert-OH is 2. The molecule has 1 aliphatic heterocycles. The Kier molecular flexibility index (Phi) is 39.2. The Morgan fingerprint density at radius 3 is 0.799 bits per heavy atom. The summed E-state index contributed by atoms with van der Waals surface area (Å²) in [6, 6.07) is 52.6. The molecule has 139 heavy (non-hydrogen) atoms. The van der Waals surface area contributed by atoms with Crippen molar-refractivity contribution in [2.45, 2.75) is 174 Å². The SMILES string of the molecule is COC(=O)C1(C(=O)OC)CCC1.COC(=O)C1(CO)CCC1.CS(=O)(=O)c1ccc(Oc2ccc(S(=O)(=O)CC3(C(=O)NO)CCC3)cc2)cc1.CS(=O)(=O)c1ccc(Oc2ccc(S)cc2)cc1.CS(=O)(=O)c1ccc(Oc2ccc(SCC3(C(=O)NO)CCC3)cc2)cc1.CS(=O)(=O)c1ccc(Oc2ccc(SCC3(C(=O)O)CCC3)cc2)cc1.O=C(O)C1(CO)CCC1.O=C1OCC12CCC2. The van der Waals surface area contributed by atoms with E-state index < -0.39 is 111 Å². The smallest absolute Gasteiger partial charge is 0.323 e. The van der Waals surface area contributed by atoms with Gasteiger partial charge >= 0.3 is 35.8 Å². The number of sulfone groups is 5. The summed E-state index contributed by atoms with van der Waals surface area (Å²) < 4.78 is 158. The van der Waals surface area contributed by atoms with Gasteiger partial charge in [-0.25, -0.2) is 53.0 Å². The number of ether oxygens (including phenoxy) is 8. The highest BCUT2D eigenvalue weighted by Crippen LogP contribution is 2.50. The molecule has 8 fully saturated rings. The van der Waals surface area contributed by atoms with E-state index in [0.29, 0.717) is 103 Å². The van der Waals surface area contributed by atoms with E-state index in [9.17, 15) is 85.6 Å². The van der Waals surface area contributed by atoms with Gasteiger partial charge < -0.3 is 58.3 Å². The van der Waals surface area contributed by atoms with Gasteiger partial charge in [-0.3, -0.25) is 48.8 Å². The molecule has 34 nitrogen and oxygen atoms in total. The first-order valence-corrected chi connectivity index (χ1v) is 55.7. The van der Waals surface area contributed by atoms with Gasteiger partial charge in [0.15, 0.2) is 54.6 Å². The number of carboxylic acid groups (broad SMARTS) is 2. The summed E-state index contributed by atoms with van der Waals surface area (Å²) in [7, 11) is -12.7. The van der Waals surface area contributed by atoms with E-state index in [0.717, 1.165) is 123 Å². The first-order valence-electron chi connectivity index (χ1n) is 44.1. The van der Waals surface area contributed by atoms with Gasteiger partial charge in [0.05, 0.1) is 91.8 Å². The van der Waals surface area contributed by atoms with Gasteiger partial charge in [-0.2, -0.15) is 0 Å². The molecule has 0 aromatic heterocycles. The topological polar surface area (TPSA) is 527 Å². The summed E-state index contributed by atoms with van der Waals surface area (Å²) in [5.74, 6) is 1.56. The fourth-order valence-corrected chi connectivity index (χ4v) is 22.1. The molecule has 42 heteroatoms. The lowest BCUT2D eigenvalue weighted by atomic mass is 9.67. The monoisotopic (exact) mass is 2080 g/mol. The van der Waals surface area contributed by atoms with Crippen molar-refractivity contribution < 1.29 is 149 Å². The van der Waals surface area contributed by atoms with E-state index in [4.69, 9.17) is 44.7 Å². The normalized spacial score (nSPS) is 17.2. The van der Waals surface area contributed by atoms with Crippen LogP contribution in [0.25, 0.3) is 0 Å². The van der Waals surface area contributed by atoms with Crippen LogP contribution >= 0.6 is 36.2 Å². The number of nitrogens with one attached hydrogen (secondary N) is 2. The van der Waals surface area contributed by atoms with Gasteiger partial charge in [0.25, 0.3) is 5.91 Å². The number of amides is 2. The maximum atomic E-state index is 12.7. The molecule has 0 unspecified atom stereocenters. The number of hydrogen-bond donors (Lipinski definition) is 9. The Bertz CT molecular complexity index is 6130. The first-order chi connectivity index (χ1) is 65.6. The Labute approximate surface area is 822 Å². The summed E-state index contributed by atoms with van der Waals surface area (Å²) in [5.41, 5.74) is -1.02. The Hall–Kier alpha value is -10.6. The first kappa shape index (κ1) is 112. The average Bonchev–Trinajstić information content (AvgIpc) is 0.793. The lowest BCUT2D eigenvalue weighted by Crippen LogP contribution is -2.52. The van der Waals surface area contributed by atoms with E-state index in [-0.39, 0.29) is 66.7 Å². The number of carbonyl (C=O) groups excluding carboxylic acids is 6. The second-order valence-electron chi connectivity index (χ2n) is 35.2. The second kappa shape index (κ2) is 48.7. The zero-order valence-electron chi connectivity index (χ0n) is 77.7. The van der Waals surface area contributed by atoms with Crippen LogP contribution < -0.4 is 29.9 Å². The molecule has 16 rings (SSSR count). The standard InChI is InChI=1S/C19H21NO7S2.C19H21NO5S2.C19H20O5S2.C13H12O3S2.C8H12O4.C7H12O3.C6H10O3.C6H8O2/c1-28(23,24)16-7-3-14(4-8-16)27-15-5-9-17(10-6-15)29(25,26)13-19(11-2-12-19)18(21)20-22;1-27(23,24)17-9-5-15(6-10-17)25-14-3-7-16(8-4-14)26-13-19(11-2-12-19)18(21)20-22;1-26(22,23)17-9-5-15(6-10-17)24-14-3-7-16(8-4-14)25-13-19(18(20)21)11-2-12-19;1-18(14,15)13-8-4-11(5-9-13)16-10-2-6-12(17)7-3-10;1-11-6(9)8(4-3-5-8)7(10)12-2;1-10-6(9)7(5-8)3-2-4-7;7-4-6(5(8)9)2-1-3-6;7-5-6(4-8-5)2-1-3-6/h3-10,22H,2,11-13H2,1H3,(H,20,21);3-10,22H,2,11-13H2,1H3,(H,20,21);3-10H,2,11-13H2,1H3,(H,20,21);2-9,17H,1H3;3-5H2,1-2H3;8H,2-5H2,1H3;7H,1-4H2,(H,8,9);1-4H2. The van der Waals surface area contributed by atoms with Gasteiger partial charge in [0, 0.05) is 51.2 Å². The van der Waals surface area contributed by atoms with E-state index in [1.165, 1.54) is 119 Å². The molecule has 8 aromatic rings. The number of hydrogen-bond acceptors (Lipinski definition) is 33. The summed E-state index contributed by atoms with van der Waals surface area (Å²) in [6.45, 7) is 0.424. The van der Waals surface area contributed by atoms with Crippen LogP contribution in [0, 0.1) is 37.9 Å². The zero-order chi connectivity index (χ0) is 102. The number of methoxy groups -OCH3 is 3. The highest BCUT2D eigenvalue weighted by Gasteiger charge is 2.55. The largest absolute Gasteiger partial charge is 0.481 e. The maximum absolute atomic E-state index is 12.7. The van der Waals surface area contributed by atoms with E-state index in [2.05, 4.69) is 31.6 Å². The Balaban J connectivity index is 0.000000185. The summed E-state index contributed by atoms with van der Waals surface area (Å²) in [5, 5.41) is 53.2. The van der Waals surface area contributed by atoms with Crippen molar-refractivity contribution in [2.24, 2.45) is 37.9 Å². The Morgan fingerprint density at radius 2 is 0.612 bits per heavy atom. The average molecular weight is 2080 g/mol. The number of aliphatic hydroxyl groups is 2. The van der Waals surface area contributed by atoms with Gasteiger partial charge in [-0.05, 0) is 290 Å². The van der Waals surface area contributed by atoms with Crippen LogP contribution in [0.5, 0.6) is 46.0 Å². The minimum atomic E-state index is -3.74. The summed E-state index contributed by atoms with van der Waals surface area (Å²) in [6.07, 6.45) is 21.3. The molecule has 8 aromatic carbocycles. The number of thiol groups is 1.